The molecule has 3 atom stereocenters. The molecular formula is C11H17NO5. The molecule has 0 aromatic heterocycles. The first-order valence-electron chi connectivity index (χ1n) is 5.51. The summed E-state index contributed by atoms with van der Waals surface area (Å²) in [7, 11) is 0. The average molecular weight is 243 g/mol. The Bertz CT molecular complexity index is 304. The first-order valence-corrected chi connectivity index (χ1v) is 5.51. The Balaban J connectivity index is 2.69. The maximum absolute atomic E-state index is 11.1. The van der Waals surface area contributed by atoms with E-state index in [-0.39, 0.29) is 5.91 Å². The Kier molecular flexibility index (Phi) is 4.48. The Hall–Kier alpha value is -1.59. The molecule has 1 aliphatic rings. The van der Waals surface area contributed by atoms with E-state index in [1.807, 2.05) is 0 Å². The summed E-state index contributed by atoms with van der Waals surface area (Å²) in [5, 5.41) is 2.66. The molecule has 0 bridgehead atoms. The molecule has 0 spiro atoms. The average Bonchev–Trinajstić information content (AvgIpc) is 2.47. The lowest BCUT2D eigenvalue weighted by Gasteiger charge is -2.24. The van der Waals surface area contributed by atoms with Crippen LogP contribution in [0.25, 0.3) is 0 Å². The number of carbonyl (C=O) groups excluding carboxylic acids is 3. The van der Waals surface area contributed by atoms with Gasteiger partial charge in [-0.1, -0.05) is 0 Å². The Labute approximate surface area is 99.6 Å². The summed E-state index contributed by atoms with van der Waals surface area (Å²) >= 11 is 0. The Morgan fingerprint density at radius 3 is 1.65 bits per heavy atom. The number of esters is 2. The summed E-state index contributed by atoms with van der Waals surface area (Å²) in [5.74, 6) is -1.06. The van der Waals surface area contributed by atoms with E-state index in [1.54, 1.807) is 0 Å². The van der Waals surface area contributed by atoms with Crippen LogP contribution >= 0.6 is 0 Å². The molecule has 1 fully saturated rings. The first-order chi connectivity index (χ1) is 7.90. The molecule has 1 unspecified atom stereocenters. The van der Waals surface area contributed by atoms with Gasteiger partial charge in [-0.25, -0.2) is 0 Å². The van der Waals surface area contributed by atoms with E-state index in [0.29, 0.717) is 12.8 Å². The molecule has 0 aliphatic heterocycles. The van der Waals surface area contributed by atoms with Crippen LogP contribution in [0.15, 0.2) is 0 Å². The van der Waals surface area contributed by atoms with Gasteiger partial charge in [-0.15, -0.1) is 0 Å². The van der Waals surface area contributed by atoms with E-state index >= 15 is 0 Å². The summed E-state index contributed by atoms with van der Waals surface area (Å²) < 4.78 is 10.2. The zero-order valence-corrected chi connectivity index (χ0v) is 10.2. The zero-order valence-electron chi connectivity index (χ0n) is 10.2. The molecular weight excluding hydrogens is 226 g/mol. The van der Waals surface area contributed by atoms with Crippen molar-refractivity contribution >= 4 is 17.8 Å². The van der Waals surface area contributed by atoms with Gasteiger partial charge >= 0.3 is 11.9 Å². The molecule has 0 aromatic rings. The number of hydrogen-bond acceptors (Lipinski definition) is 5. The highest BCUT2D eigenvalue weighted by Gasteiger charge is 2.40. The minimum atomic E-state index is -0.458. The predicted molar refractivity (Wildman–Crippen MR) is 57.9 cm³/mol. The van der Waals surface area contributed by atoms with Gasteiger partial charge in [-0.2, -0.15) is 0 Å². The van der Waals surface area contributed by atoms with Gasteiger partial charge in [0, 0.05) is 20.8 Å². The maximum Gasteiger partial charge on any atom is 0.302 e. The van der Waals surface area contributed by atoms with Crippen molar-refractivity contribution in [2.45, 2.75) is 51.9 Å². The largest absolute Gasteiger partial charge is 0.460 e. The van der Waals surface area contributed by atoms with Crippen molar-refractivity contribution in [3.05, 3.63) is 0 Å². The normalized spacial score (nSPS) is 27.4. The third-order valence-electron chi connectivity index (χ3n) is 2.54. The van der Waals surface area contributed by atoms with Gasteiger partial charge in [0.25, 0.3) is 0 Å². The number of nitrogens with one attached hydrogen (secondary N) is 1. The van der Waals surface area contributed by atoms with E-state index < -0.39 is 30.2 Å². The van der Waals surface area contributed by atoms with Crippen LogP contribution in [0.5, 0.6) is 0 Å². The number of carbonyl (C=O) groups is 3. The minimum absolute atomic E-state index is 0.244. The SMILES string of the molecule is CC(=O)NC1[C@@H](OC(C)=O)CC[C@H]1OC(C)=O. The second kappa shape index (κ2) is 5.65. The second-order valence-corrected chi connectivity index (χ2v) is 4.10. The van der Waals surface area contributed by atoms with Crippen molar-refractivity contribution in [3.8, 4) is 0 Å². The number of amides is 1. The van der Waals surface area contributed by atoms with Gasteiger partial charge in [0.2, 0.25) is 5.91 Å². The third-order valence-corrected chi connectivity index (χ3v) is 2.54. The molecule has 1 aliphatic carbocycles. The summed E-state index contributed by atoms with van der Waals surface area (Å²) in [6.07, 6.45) is 0.284. The molecule has 17 heavy (non-hydrogen) atoms. The van der Waals surface area contributed by atoms with Crippen LogP contribution in [0.3, 0.4) is 0 Å². The molecule has 6 heteroatoms. The maximum atomic E-state index is 11.1. The van der Waals surface area contributed by atoms with Crippen molar-refractivity contribution < 1.29 is 23.9 Å². The number of rotatable bonds is 3. The molecule has 0 heterocycles. The van der Waals surface area contributed by atoms with Crippen LogP contribution in [0, 0.1) is 0 Å². The zero-order chi connectivity index (χ0) is 13.0. The van der Waals surface area contributed by atoms with Gasteiger partial charge in [0.1, 0.15) is 18.2 Å². The smallest absolute Gasteiger partial charge is 0.302 e. The van der Waals surface area contributed by atoms with Gasteiger partial charge in [-0.3, -0.25) is 14.4 Å². The van der Waals surface area contributed by atoms with E-state index in [0.717, 1.165) is 0 Å². The fraction of sp³-hybridized carbons (Fsp3) is 0.727. The van der Waals surface area contributed by atoms with Gasteiger partial charge in [0.05, 0.1) is 0 Å². The molecule has 96 valence electrons. The van der Waals surface area contributed by atoms with Gasteiger partial charge < -0.3 is 14.8 Å². The Morgan fingerprint density at radius 1 is 0.941 bits per heavy atom. The van der Waals surface area contributed by atoms with Gasteiger partial charge in [-0.05, 0) is 12.8 Å². The molecule has 1 saturated carbocycles. The topological polar surface area (TPSA) is 81.7 Å². The molecule has 0 saturated heterocycles. The predicted octanol–water partition coefficient (Wildman–Crippen LogP) is 0.148. The number of ether oxygens (including phenoxy) is 2. The lowest BCUT2D eigenvalue weighted by Crippen LogP contribution is -2.47. The molecule has 1 amide bonds. The van der Waals surface area contributed by atoms with Crippen LogP contribution in [0.2, 0.25) is 0 Å². The van der Waals surface area contributed by atoms with E-state index in [9.17, 15) is 14.4 Å². The highest BCUT2D eigenvalue weighted by molar-refractivity contribution is 5.74. The monoisotopic (exact) mass is 243 g/mol. The van der Waals surface area contributed by atoms with Crippen LogP contribution in [0.1, 0.15) is 33.6 Å². The van der Waals surface area contributed by atoms with Crippen LogP contribution in [-0.2, 0) is 23.9 Å². The van der Waals surface area contributed by atoms with Crippen LogP contribution < -0.4 is 5.32 Å². The summed E-state index contributed by atoms with van der Waals surface area (Å²) in [6, 6.07) is -0.458. The van der Waals surface area contributed by atoms with Crippen LogP contribution in [0.4, 0.5) is 0 Å². The van der Waals surface area contributed by atoms with E-state index in [4.69, 9.17) is 9.47 Å². The highest BCUT2D eigenvalue weighted by atomic mass is 16.6. The van der Waals surface area contributed by atoms with Crippen molar-refractivity contribution in [1.82, 2.24) is 5.32 Å². The second-order valence-electron chi connectivity index (χ2n) is 4.10. The van der Waals surface area contributed by atoms with Crippen molar-refractivity contribution in [3.63, 3.8) is 0 Å². The fourth-order valence-electron chi connectivity index (χ4n) is 2.04. The van der Waals surface area contributed by atoms with Crippen molar-refractivity contribution in [1.29, 1.82) is 0 Å². The molecule has 1 rings (SSSR count). The summed E-state index contributed by atoms with van der Waals surface area (Å²) in [4.78, 5) is 32.9. The van der Waals surface area contributed by atoms with Crippen molar-refractivity contribution in [2.24, 2.45) is 0 Å². The standard InChI is InChI=1S/C11H17NO5/c1-6(13)12-11-9(16-7(2)14)4-5-10(11)17-8(3)15/h9-11H,4-5H2,1-3H3,(H,12,13)/t9-,10+,11?. The minimum Gasteiger partial charge on any atom is -0.460 e. The number of hydrogen-bond donors (Lipinski definition) is 1. The molecule has 6 nitrogen and oxygen atoms in total. The van der Waals surface area contributed by atoms with Gasteiger partial charge in [0.15, 0.2) is 0 Å². The molecule has 0 aromatic carbocycles. The highest BCUT2D eigenvalue weighted by Crippen LogP contribution is 2.25. The molecule has 1 N–H and O–H groups in total. The van der Waals surface area contributed by atoms with Crippen LogP contribution in [-0.4, -0.2) is 36.1 Å². The Morgan fingerprint density at radius 2 is 1.35 bits per heavy atom. The van der Waals surface area contributed by atoms with E-state index in [2.05, 4.69) is 5.32 Å². The lowest BCUT2D eigenvalue weighted by atomic mass is 10.2. The lowest BCUT2D eigenvalue weighted by molar-refractivity contribution is -0.152. The summed E-state index contributed by atoms with van der Waals surface area (Å²) in [5.41, 5.74) is 0. The first kappa shape index (κ1) is 13.5. The van der Waals surface area contributed by atoms with E-state index in [1.165, 1.54) is 20.8 Å². The fourth-order valence-corrected chi connectivity index (χ4v) is 2.04. The van der Waals surface area contributed by atoms with Crippen molar-refractivity contribution in [2.75, 3.05) is 0 Å². The third kappa shape index (κ3) is 4.05. The molecule has 0 radical (unpaired) electrons. The summed E-state index contributed by atoms with van der Waals surface area (Å²) in [6.45, 7) is 3.99. The quantitative estimate of drug-likeness (QED) is 0.713.